The van der Waals surface area contributed by atoms with Gasteiger partial charge in [-0.1, -0.05) is 6.92 Å². The molecule has 1 aliphatic heterocycles. The van der Waals surface area contributed by atoms with E-state index >= 15 is 0 Å². The molecule has 0 spiro atoms. The van der Waals surface area contributed by atoms with Gasteiger partial charge in [-0.2, -0.15) is 0 Å². The number of hydrogen-bond acceptors (Lipinski definition) is 5. The average Bonchev–Trinajstić information content (AvgIpc) is 2.47. The summed E-state index contributed by atoms with van der Waals surface area (Å²) in [6, 6.07) is 0.318. The van der Waals surface area contributed by atoms with Crippen molar-refractivity contribution in [1.29, 1.82) is 0 Å². The van der Waals surface area contributed by atoms with E-state index in [-0.39, 0.29) is 18.4 Å². The van der Waals surface area contributed by atoms with Crippen LogP contribution in [0.5, 0.6) is 0 Å². The molecular weight excluding hydrogens is 258 g/mol. The summed E-state index contributed by atoms with van der Waals surface area (Å²) in [5.41, 5.74) is 5.42. The molecule has 0 bridgehead atoms. The van der Waals surface area contributed by atoms with Crippen molar-refractivity contribution >= 4 is 11.9 Å². The molecule has 1 aliphatic rings. The van der Waals surface area contributed by atoms with Crippen LogP contribution in [0.25, 0.3) is 0 Å². The van der Waals surface area contributed by atoms with Crippen LogP contribution in [-0.2, 0) is 14.3 Å². The van der Waals surface area contributed by atoms with E-state index < -0.39 is 0 Å². The van der Waals surface area contributed by atoms with Crippen molar-refractivity contribution in [2.75, 3.05) is 39.3 Å². The predicted octanol–water partition coefficient (Wildman–Crippen LogP) is 0.211. The monoisotopic (exact) mass is 285 g/mol. The molecule has 1 amide bonds. The molecule has 116 valence electrons. The molecule has 20 heavy (non-hydrogen) atoms. The Morgan fingerprint density at radius 3 is 2.75 bits per heavy atom. The molecule has 6 heteroatoms. The second-order valence-electron chi connectivity index (χ2n) is 5.02. The largest absolute Gasteiger partial charge is 0.466 e. The quantitative estimate of drug-likeness (QED) is 0.677. The van der Waals surface area contributed by atoms with E-state index in [0.717, 1.165) is 25.9 Å². The van der Waals surface area contributed by atoms with Crippen LogP contribution in [0.2, 0.25) is 0 Å². The van der Waals surface area contributed by atoms with Gasteiger partial charge in [-0.15, -0.1) is 0 Å². The fourth-order valence-corrected chi connectivity index (χ4v) is 2.68. The lowest BCUT2D eigenvalue weighted by molar-refractivity contribution is -0.144. The predicted molar refractivity (Wildman–Crippen MR) is 77.2 cm³/mol. The minimum Gasteiger partial charge on any atom is -0.466 e. The lowest BCUT2D eigenvalue weighted by atomic mass is 10.0. The molecule has 1 rings (SSSR count). The van der Waals surface area contributed by atoms with E-state index in [4.69, 9.17) is 10.5 Å². The highest BCUT2D eigenvalue weighted by Crippen LogP contribution is 2.16. The van der Waals surface area contributed by atoms with E-state index in [1.54, 1.807) is 0 Å². The van der Waals surface area contributed by atoms with E-state index in [0.29, 0.717) is 32.2 Å². The minimum absolute atomic E-state index is 0.0103. The lowest BCUT2D eigenvalue weighted by Gasteiger charge is -2.38. The van der Waals surface area contributed by atoms with Crippen molar-refractivity contribution in [3.63, 3.8) is 0 Å². The van der Waals surface area contributed by atoms with Crippen LogP contribution in [0.1, 0.15) is 33.1 Å². The number of carbonyl (C=O) groups excluding carboxylic acids is 2. The first kappa shape index (κ1) is 16.9. The van der Waals surface area contributed by atoms with Crippen molar-refractivity contribution in [2.45, 2.75) is 39.2 Å². The second-order valence-corrected chi connectivity index (χ2v) is 5.02. The highest BCUT2D eigenvalue weighted by molar-refractivity contribution is 5.78. The Hall–Kier alpha value is -1.14. The first-order valence-corrected chi connectivity index (χ1v) is 7.49. The number of nitrogens with zero attached hydrogens (tertiary/aromatic N) is 2. The lowest BCUT2D eigenvalue weighted by Crippen LogP contribution is -2.51. The number of nitrogens with two attached hydrogens (primary N) is 1. The van der Waals surface area contributed by atoms with Gasteiger partial charge in [-0.05, 0) is 26.3 Å². The third-order valence-corrected chi connectivity index (χ3v) is 3.75. The normalized spacial score (nSPS) is 19.2. The molecule has 0 aliphatic carbocycles. The van der Waals surface area contributed by atoms with Crippen LogP contribution in [0.3, 0.4) is 0 Å². The maximum atomic E-state index is 11.7. The minimum atomic E-state index is -0.156. The molecule has 0 aromatic carbocycles. The Morgan fingerprint density at radius 2 is 2.15 bits per heavy atom. The fraction of sp³-hybridized carbons (Fsp3) is 0.857. The van der Waals surface area contributed by atoms with E-state index in [1.165, 1.54) is 0 Å². The van der Waals surface area contributed by atoms with Gasteiger partial charge >= 0.3 is 5.97 Å². The van der Waals surface area contributed by atoms with Crippen molar-refractivity contribution in [1.82, 2.24) is 9.80 Å². The summed E-state index contributed by atoms with van der Waals surface area (Å²) in [6.45, 7) is 7.45. The SMILES string of the molecule is CCOC(=O)CCN(CC)C1CCCN(C(=O)CN)C1. The van der Waals surface area contributed by atoms with E-state index in [9.17, 15) is 9.59 Å². The first-order chi connectivity index (χ1) is 9.62. The number of esters is 1. The van der Waals surface area contributed by atoms with Gasteiger partial charge in [0.1, 0.15) is 0 Å². The molecule has 1 heterocycles. The van der Waals surface area contributed by atoms with Crippen molar-refractivity contribution in [3.8, 4) is 0 Å². The number of likely N-dealkylation sites (N-methyl/N-ethyl adjacent to an activating group) is 1. The Labute approximate surface area is 121 Å². The van der Waals surface area contributed by atoms with Gasteiger partial charge in [-0.3, -0.25) is 14.5 Å². The smallest absolute Gasteiger partial charge is 0.307 e. The van der Waals surface area contributed by atoms with Gasteiger partial charge in [0.05, 0.1) is 19.6 Å². The van der Waals surface area contributed by atoms with Crippen LogP contribution in [-0.4, -0.2) is 67.0 Å². The maximum absolute atomic E-state index is 11.7. The highest BCUT2D eigenvalue weighted by atomic mass is 16.5. The second kappa shape index (κ2) is 8.92. The van der Waals surface area contributed by atoms with Gasteiger partial charge in [0.25, 0.3) is 0 Å². The standard InChI is InChI=1S/C14H27N3O3/c1-3-16(9-7-14(19)20-4-2)12-6-5-8-17(11-12)13(18)10-15/h12H,3-11,15H2,1-2H3. The van der Waals surface area contributed by atoms with Crippen molar-refractivity contribution < 1.29 is 14.3 Å². The summed E-state index contributed by atoms with van der Waals surface area (Å²) in [5.74, 6) is -0.146. The molecule has 0 aromatic rings. The Morgan fingerprint density at radius 1 is 1.40 bits per heavy atom. The van der Waals surface area contributed by atoms with Gasteiger partial charge in [0.15, 0.2) is 0 Å². The molecule has 0 saturated carbocycles. The zero-order valence-corrected chi connectivity index (χ0v) is 12.6. The number of hydrogen-bond donors (Lipinski definition) is 1. The van der Waals surface area contributed by atoms with E-state index in [1.807, 2.05) is 11.8 Å². The summed E-state index contributed by atoms with van der Waals surface area (Å²) >= 11 is 0. The van der Waals surface area contributed by atoms with Crippen LogP contribution in [0.15, 0.2) is 0 Å². The summed E-state index contributed by atoms with van der Waals surface area (Å²) in [4.78, 5) is 27.2. The van der Waals surface area contributed by atoms with Crippen molar-refractivity contribution in [2.24, 2.45) is 5.73 Å². The topological polar surface area (TPSA) is 75.9 Å². The van der Waals surface area contributed by atoms with Gasteiger partial charge < -0.3 is 15.4 Å². The molecule has 2 N–H and O–H groups in total. The number of likely N-dealkylation sites (tertiary alicyclic amines) is 1. The third kappa shape index (κ3) is 5.09. The number of rotatable bonds is 7. The molecule has 1 saturated heterocycles. The fourth-order valence-electron chi connectivity index (χ4n) is 2.68. The number of amides is 1. The van der Waals surface area contributed by atoms with Crippen LogP contribution in [0, 0.1) is 0 Å². The van der Waals surface area contributed by atoms with Gasteiger partial charge in [0, 0.05) is 25.7 Å². The van der Waals surface area contributed by atoms with Gasteiger partial charge in [0.2, 0.25) is 5.91 Å². The molecule has 1 atom stereocenters. The maximum Gasteiger partial charge on any atom is 0.307 e. The van der Waals surface area contributed by atoms with Crippen LogP contribution in [0.4, 0.5) is 0 Å². The number of piperidine rings is 1. The number of carbonyl (C=O) groups is 2. The molecule has 1 fully saturated rings. The summed E-state index contributed by atoms with van der Waals surface area (Å²) in [5, 5.41) is 0. The Bertz CT molecular complexity index is 323. The molecular formula is C14H27N3O3. The summed E-state index contributed by atoms with van der Waals surface area (Å²) < 4.78 is 4.95. The Kier molecular flexibility index (Phi) is 7.54. The zero-order valence-electron chi connectivity index (χ0n) is 12.6. The van der Waals surface area contributed by atoms with Crippen molar-refractivity contribution in [3.05, 3.63) is 0 Å². The molecule has 6 nitrogen and oxygen atoms in total. The van der Waals surface area contributed by atoms with Crippen LogP contribution >= 0.6 is 0 Å². The summed E-state index contributed by atoms with van der Waals surface area (Å²) in [6.07, 6.45) is 2.46. The number of ether oxygens (including phenoxy) is 1. The third-order valence-electron chi connectivity index (χ3n) is 3.75. The average molecular weight is 285 g/mol. The van der Waals surface area contributed by atoms with Gasteiger partial charge in [-0.25, -0.2) is 0 Å². The Balaban J connectivity index is 2.47. The zero-order chi connectivity index (χ0) is 15.0. The molecule has 0 aromatic heterocycles. The van der Waals surface area contributed by atoms with E-state index in [2.05, 4.69) is 11.8 Å². The molecule has 0 radical (unpaired) electrons. The van der Waals surface area contributed by atoms with Crippen LogP contribution < -0.4 is 5.73 Å². The summed E-state index contributed by atoms with van der Waals surface area (Å²) in [7, 11) is 0. The first-order valence-electron chi connectivity index (χ1n) is 7.49. The highest BCUT2D eigenvalue weighted by Gasteiger charge is 2.26. The molecule has 1 unspecified atom stereocenters.